The van der Waals surface area contributed by atoms with Gasteiger partial charge in [0.05, 0.1) is 19.2 Å². The molecule has 0 aliphatic rings. The predicted molar refractivity (Wildman–Crippen MR) is 65.5 cm³/mol. The van der Waals surface area contributed by atoms with Gasteiger partial charge in [-0.3, -0.25) is 9.89 Å². The molecule has 6 nitrogen and oxygen atoms in total. The highest BCUT2D eigenvalue weighted by Crippen LogP contribution is 2.25. The van der Waals surface area contributed by atoms with Crippen molar-refractivity contribution in [3.63, 3.8) is 0 Å². The van der Waals surface area contributed by atoms with Gasteiger partial charge in [0.15, 0.2) is 11.6 Å². The SMILES string of the molecule is COc1c(F)cccc1C(=O)NCc1nc(C(F)(F)F)n[nH]1. The molecular weight excluding hydrogens is 308 g/mol. The zero-order valence-corrected chi connectivity index (χ0v) is 11.2. The minimum absolute atomic E-state index is 0.0851. The first-order valence-corrected chi connectivity index (χ1v) is 5.92. The van der Waals surface area contributed by atoms with E-state index in [0.717, 1.165) is 6.07 Å². The van der Waals surface area contributed by atoms with E-state index in [-0.39, 0.29) is 23.7 Å². The van der Waals surface area contributed by atoms with E-state index in [1.54, 1.807) is 0 Å². The maximum absolute atomic E-state index is 13.5. The van der Waals surface area contributed by atoms with Gasteiger partial charge in [0, 0.05) is 0 Å². The molecule has 0 bridgehead atoms. The zero-order chi connectivity index (χ0) is 16.3. The van der Waals surface area contributed by atoms with Crippen molar-refractivity contribution < 1.29 is 27.1 Å². The third-order valence-corrected chi connectivity index (χ3v) is 2.62. The van der Waals surface area contributed by atoms with Crippen molar-refractivity contribution in [2.75, 3.05) is 7.11 Å². The molecule has 1 aromatic carbocycles. The normalized spacial score (nSPS) is 11.3. The van der Waals surface area contributed by atoms with E-state index in [4.69, 9.17) is 4.74 Å². The third-order valence-electron chi connectivity index (χ3n) is 2.62. The van der Waals surface area contributed by atoms with E-state index in [2.05, 4.69) is 20.5 Å². The van der Waals surface area contributed by atoms with Gasteiger partial charge in [-0.2, -0.15) is 13.2 Å². The summed E-state index contributed by atoms with van der Waals surface area (Å²) >= 11 is 0. The molecule has 2 aromatic rings. The number of ether oxygens (including phenoxy) is 1. The van der Waals surface area contributed by atoms with Gasteiger partial charge >= 0.3 is 6.18 Å². The standard InChI is InChI=1S/C12H10F4N4O2/c1-22-9-6(3-2-4-7(9)13)10(21)17-5-8-18-11(20-19-8)12(14,15)16/h2-4H,5H2,1H3,(H,17,21)(H,18,19,20). The Bertz CT molecular complexity index is 684. The Morgan fingerprint density at radius 3 is 2.73 bits per heavy atom. The minimum atomic E-state index is -4.68. The van der Waals surface area contributed by atoms with Gasteiger partial charge in [-0.15, -0.1) is 5.10 Å². The van der Waals surface area contributed by atoms with Crippen LogP contribution in [0, 0.1) is 5.82 Å². The Morgan fingerprint density at radius 2 is 2.14 bits per heavy atom. The van der Waals surface area contributed by atoms with Crippen LogP contribution in [-0.2, 0) is 12.7 Å². The Kier molecular flexibility index (Phi) is 4.29. The van der Waals surface area contributed by atoms with E-state index >= 15 is 0 Å². The van der Waals surface area contributed by atoms with Crippen LogP contribution in [-0.4, -0.2) is 28.2 Å². The second-order valence-corrected chi connectivity index (χ2v) is 4.11. The molecule has 1 amide bonds. The smallest absolute Gasteiger partial charge is 0.453 e. The van der Waals surface area contributed by atoms with E-state index in [9.17, 15) is 22.4 Å². The molecular formula is C12H10F4N4O2. The van der Waals surface area contributed by atoms with E-state index in [1.807, 2.05) is 0 Å². The molecule has 0 fully saturated rings. The number of methoxy groups -OCH3 is 1. The average Bonchev–Trinajstić information content (AvgIpc) is 2.93. The number of amides is 1. The summed E-state index contributed by atoms with van der Waals surface area (Å²) in [6, 6.07) is 3.74. The maximum Gasteiger partial charge on any atom is 0.453 e. The predicted octanol–water partition coefficient (Wildman–Crippen LogP) is 1.90. The van der Waals surface area contributed by atoms with Crippen LogP contribution >= 0.6 is 0 Å². The molecule has 0 unspecified atom stereocenters. The molecule has 10 heteroatoms. The second-order valence-electron chi connectivity index (χ2n) is 4.11. The molecule has 2 rings (SSSR count). The topological polar surface area (TPSA) is 79.9 Å². The fourth-order valence-corrected chi connectivity index (χ4v) is 1.66. The molecule has 0 spiro atoms. The minimum Gasteiger partial charge on any atom is -0.493 e. The lowest BCUT2D eigenvalue weighted by atomic mass is 10.2. The molecule has 118 valence electrons. The van der Waals surface area contributed by atoms with Crippen molar-refractivity contribution in [3.8, 4) is 5.75 Å². The summed E-state index contributed by atoms with van der Waals surface area (Å²) in [6.45, 7) is -0.332. The Balaban J connectivity index is 2.08. The number of nitrogens with zero attached hydrogens (tertiary/aromatic N) is 2. The quantitative estimate of drug-likeness (QED) is 0.844. The Hall–Kier alpha value is -2.65. The van der Waals surface area contributed by atoms with Crippen molar-refractivity contribution in [2.24, 2.45) is 0 Å². The first-order chi connectivity index (χ1) is 10.3. The first-order valence-electron chi connectivity index (χ1n) is 5.92. The van der Waals surface area contributed by atoms with Gasteiger partial charge in [-0.1, -0.05) is 6.07 Å². The zero-order valence-electron chi connectivity index (χ0n) is 11.2. The van der Waals surface area contributed by atoms with Crippen molar-refractivity contribution in [3.05, 3.63) is 41.2 Å². The van der Waals surface area contributed by atoms with Crippen molar-refractivity contribution >= 4 is 5.91 Å². The molecule has 0 saturated heterocycles. The number of hydrogen-bond acceptors (Lipinski definition) is 4. The van der Waals surface area contributed by atoms with Crippen LogP contribution in [0.2, 0.25) is 0 Å². The largest absolute Gasteiger partial charge is 0.493 e. The molecule has 0 atom stereocenters. The van der Waals surface area contributed by atoms with Crippen LogP contribution < -0.4 is 10.1 Å². The van der Waals surface area contributed by atoms with Gasteiger partial charge in [-0.05, 0) is 12.1 Å². The molecule has 1 aromatic heterocycles. The highest BCUT2D eigenvalue weighted by atomic mass is 19.4. The van der Waals surface area contributed by atoms with Crippen LogP contribution in [0.25, 0.3) is 0 Å². The monoisotopic (exact) mass is 318 g/mol. The van der Waals surface area contributed by atoms with Gasteiger partial charge < -0.3 is 10.1 Å². The number of benzene rings is 1. The summed E-state index contributed by atoms with van der Waals surface area (Å²) in [5.74, 6) is -3.22. The highest BCUT2D eigenvalue weighted by molar-refractivity contribution is 5.96. The fourth-order valence-electron chi connectivity index (χ4n) is 1.66. The number of nitrogens with one attached hydrogen (secondary N) is 2. The molecule has 0 aliphatic heterocycles. The number of para-hydroxylation sites is 1. The summed E-state index contributed by atoms with van der Waals surface area (Å²) in [6.07, 6.45) is -4.68. The fraction of sp³-hybridized carbons (Fsp3) is 0.250. The van der Waals surface area contributed by atoms with Gasteiger partial charge in [0.2, 0.25) is 0 Å². The molecule has 0 aliphatic carbocycles. The van der Waals surface area contributed by atoms with Gasteiger partial charge in [0.25, 0.3) is 11.7 Å². The lowest BCUT2D eigenvalue weighted by Crippen LogP contribution is -2.24. The van der Waals surface area contributed by atoms with Crippen LogP contribution in [0.15, 0.2) is 18.2 Å². The molecule has 22 heavy (non-hydrogen) atoms. The van der Waals surface area contributed by atoms with Gasteiger partial charge in [0.1, 0.15) is 5.82 Å². The number of halogens is 4. The van der Waals surface area contributed by atoms with E-state index in [1.165, 1.54) is 19.2 Å². The van der Waals surface area contributed by atoms with Gasteiger partial charge in [-0.25, -0.2) is 9.37 Å². The van der Waals surface area contributed by atoms with Crippen LogP contribution in [0.3, 0.4) is 0 Å². The number of aromatic amines is 1. The number of carbonyl (C=O) groups is 1. The Labute approximate surface area is 121 Å². The molecule has 1 heterocycles. The number of carbonyl (C=O) groups excluding carboxylic acids is 1. The van der Waals surface area contributed by atoms with Crippen LogP contribution in [0.5, 0.6) is 5.75 Å². The van der Waals surface area contributed by atoms with Crippen molar-refractivity contribution in [1.29, 1.82) is 0 Å². The summed E-state index contributed by atoms with van der Waals surface area (Å²) in [7, 11) is 1.20. The lowest BCUT2D eigenvalue weighted by molar-refractivity contribution is -0.144. The van der Waals surface area contributed by atoms with Crippen molar-refractivity contribution in [1.82, 2.24) is 20.5 Å². The summed E-state index contributed by atoms with van der Waals surface area (Å²) in [4.78, 5) is 15.1. The highest BCUT2D eigenvalue weighted by Gasteiger charge is 2.36. The van der Waals surface area contributed by atoms with E-state index in [0.29, 0.717) is 0 Å². The third kappa shape index (κ3) is 3.32. The average molecular weight is 318 g/mol. The number of rotatable bonds is 4. The first kappa shape index (κ1) is 15.7. The summed E-state index contributed by atoms with van der Waals surface area (Å²) in [5, 5.41) is 7.34. The second kappa shape index (κ2) is 6.00. The van der Waals surface area contributed by atoms with E-state index < -0.39 is 23.7 Å². The van der Waals surface area contributed by atoms with Crippen LogP contribution in [0.1, 0.15) is 22.0 Å². The van der Waals surface area contributed by atoms with Crippen LogP contribution in [0.4, 0.5) is 17.6 Å². The Morgan fingerprint density at radius 1 is 1.41 bits per heavy atom. The van der Waals surface area contributed by atoms with Crippen molar-refractivity contribution in [2.45, 2.75) is 12.7 Å². The number of H-pyrrole nitrogens is 1. The number of alkyl halides is 3. The molecule has 0 radical (unpaired) electrons. The number of hydrogen-bond donors (Lipinski definition) is 2. The molecule has 0 saturated carbocycles. The molecule has 2 N–H and O–H groups in total. The summed E-state index contributed by atoms with van der Waals surface area (Å²) in [5.41, 5.74) is -0.0851. The maximum atomic E-state index is 13.5. The lowest BCUT2D eigenvalue weighted by Gasteiger charge is -2.09. The number of aromatic nitrogens is 3. The summed E-state index contributed by atoms with van der Waals surface area (Å²) < 4.78 is 55.2.